The topological polar surface area (TPSA) is 112 Å². The maximum atomic E-state index is 14.3. The molecule has 0 aliphatic rings. The SMILES string of the molecule is Cc1cc(C)cc(C(C(=O)Nc2ccccc2C)N(CC#N)C(=O)C(Cc2ccccc2)NC(=O)OC(C)(C)C)c1. The maximum Gasteiger partial charge on any atom is 0.408 e. The van der Waals surface area contributed by atoms with E-state index in [-0.39, 0.29) is 13.0 Å². The quantitative estimate of drug-likeness (QED) is 0.326. The Bertz CT molecular complexity index is 1400. The molecule has 0 aliphatic heterocycles. The van der Waals surface area contributed by atoms with Crippen molar-refractivity contribution in [1.29, 1.82) is 5.26 Å². The highest BCUT2D eigenvalue weighted by atomic mass is 16.6. The van der Waals surface area contributed by atoms with Crippen molar-refractivity contribution in [1.82, 2.24) is 10.2 Å². The van der Waals surface area contributed by atoms with E-state index in [1.807, 2.05) is 93.6 Å². The molecule has 2 atom stereocenters. The number of benzene rings is 3. The summed E-state index contributed by atoms with van der Waals surface area (Å²) in [7, 11) is 0. The monoisotopic (exact) mass is 554 g/mol. The molecule has 8 nitrogen and oxygen atoms in total. The van der Waals surface area contributed by atoms with Gasteiger partial charge < -0.3 is 20.3 Å². The first kappa shape index (κ1) is 30.9. The molecule has 0 aromatic heterocycles. The number of rotatable bonds is 9. The second-order valence-corrected chi connectivity index (χ2v) is 11.1. The Labute approximate surface area is 242 Å². The number of para-hydroxylation sites is 1. The summed E-state index contributed by atoms with van der Waals surface area (Å²) in [6.45, 7) is 10.5. The van der Waals surface area contributed by atoms with Crippen LogP contribution < -0.4 is 10.6 Å². The number of anilines is 1. The van der Waals surface area contributed by atoms with Gasteiger partial charge in [-0.1, -0.05) is 77.9 Å². The largest absolute Gasteiger partial charge is 0.444 e. The number of ether oxygens (including phenoxy) is 1. The van der Waals surface area contributed by atoms with Gasteiger partial charge in [-0.3, -0.25) is 9.59 Å². The summed E-state index contributed by atoms with van der Waals surface area (Å²) in [6.07, 6.45) is -0.629. The predicted molar refractivity (Wildman–Crippen MR) is 159 cm³/mol. The van der Waals surface area contributed by atoms with Crippen molar-refractivity contribution in [2.75, 3.05) is 11.9 Å². The molecule has 41 heavy (non-hydrogen) atoms. The first-order chi connectivity index (χ1) is 19.4. The lowest BCUT2D eigenvalue weighted by molar-refractivity contribution is -0.140. The number of alkyl carbamates (subject to hydrolysis) is 1. The van der Waals surface area contributed by atoms with Crippen LogP contribution in [0.1, 0.15) is 54.6 Å². The maximum absolute atomic E-state index is 14.3. The molecule has 8 heteroatoms. The molecule has 2 N–H and O–H groups in total. The minimum absolute atomic E-state index is 0.139. The molecule has 0 aliphatic carbocycles. The molecule has 0 heterocycles. The molecule has 214 valence electrons. The summed E-state index contributed by atoms with van der Waals surface area (Å²) in [5.41, 5.74) is 3.84. The van der Waals surface area contributed by atoms with Crippen LogP contribution in [0.4, 0.5) is 10.5 Å². The molecule has 0 spiro atoms. The highest BCUT2D eigenvalue weighted by molar-refractivity contribution is 5.99. The van der Waals surface area contributed by atoms with Crippen molar-refractivity contribution in [3.63, 3.8) is 0 Å². The fourth-order valence-electron chi connectivity index (χ4n) is 4.63. The van der Waals surface area contributed by atoms with Crippen LogP contribution in [0.5, 0.6) is 0 Å². The lowest BCUT2D eigenvalue weighted by atomic mass is 9.97. The second kappa shape index (κ2) is 13.6. The Morgan fingerprint density at radius 2 is 1.54 bits per heavy atom. The van der Waals surface area contributed by atoms with Gasteiger partial charge >= 0.3 is 6.09 Å². The average Bonchev–Trinajstić information content (AvgIpc) is 2.88. The van der Waals surface area contributed by atoms with E-state index in [0.29, 0.717) is 11.3 Å². The summed E-state index contributed by atoms with van der Waals surface area (Å²) in [4.78, 5) is 42.3. The van der Waals surface area contributed by atoms with Gasteiger partial charge in [-0.15, -0.1) is 0 Å². The lowest BCUT2D eigenvalue weighted by Crippen LogP contribution is -2.53. The van der Waals surface area contributed by atoms with Gasteiger partial charge in [0.05, 0.1) is 6.07 Å². The Kier molecular flexibility index (Phi) is 10.3. The van der Waals surface area contributed by atoms with Gasteiger partial charge in [0.25, 0.3) is 5.91 Å². The zero-order valence-corrected chi connectivity index (χ0v) is 24.5. The second-order valence-electron chi connectivity index (χ2n) is 11.1. The van der Waals surface area contributed by atoms with Crippen LogP contribution in [0.2, 0.25) is 0 Å². The molecular formula is C33H38N4O4. The number of hydrogen-bond donors (Lipinski definition) is 2. The number of nitriles is 1. The van der Waals surface area contributed by atoms with Crippen LogP contribution in [0, 0.1) is 32.1 Å². The highest BCUT2D eigenvalue weighted by Crippen LogP contribution is 2.27. The Balaban J connectivity index is 2.08. The zero-order valence-electron chi connectivity index (χ0n) is 24.5. The van der Waals surface area contributed by atoms with E-state index >= 15 is 0 Å². The third kappa shape index (κ3) is 8.94. The van der Waals surface area contributed by atoms with Crippen molar-refractivity contribution >= 4 is 23.6 Å². The molecule has 3 aromatic carbocycles. The van der Waals surface area contributed by atoms with Gasteiger partial charge in [-0.25, -0.2) is 4.79 Å². The molecule has 2 unspecified atom stereocenters. The molecule has 3 aromatic rings. The number of aryl methyl sites for hydroxylation is 3. The predicted octanol–water partition coefficient (Wildman–Crippen LogP) is 5.78. The first-order valence-electron chi connectivity index (χ1n) is 13.5. The van der Waals surface area contributed by atoms with Gasteiger partial charge in [0.15, 0.2) is 0 Å². The minimum Gasteiger partial charge on any atom is -0.444 e. The molecule has 0 saturated carbocycles. The summed E-state index contributed by atoms with van der Waals surface area (Å²) in [5.74, 6) is -1.05. The third-order valence-electron chi connectivity index (χ3n) is 6.32. The summed E-state index contributed by atoms with van der Waals surface area (Å²) in [6, 6.07) is 22.0. The van der Waals surface area contributed by atoms with Crippen molar-refractivity contribution in [2.45, 2.75) is 65.6 Å². The number of nitrogens with one attached hydrogen (secondary N) is 2. The molecule has 0 saturated heterocycles. The van der Waals surface area contributed by atoms with E-state index in [0.717, 1.165) is 22.3 Å². The van der Waals surface area contributed by atoms with Crippen molar-refractivity contribution in [3.05, 3.63) is 101 Å². The summed E-state index contributed by atoms with van der Waals surface area (Å²) < 4.78 is 5.45. The normalized spacial score (nSPS) is 12.4. The van der Waals surface area contributed by atoms with Crippen LogP contribution in [0.3, 0.4) is 0 Å². The van der Waals surface area contributed by atoms with Crippen LogP contribution in [0.15, 0.2) is 72.8 Å². The molecular weight excluding hydrogens is 516 g/mol. The smallest absolute Gasteiger partial charge is 0.408 e. The summed E-state index contributed by atoms with van der Waals surface area (Å²) in [5, 5.41) is 15.5. The standard InChI is InChI=1S/C33H38N4O4/c1-22-18-23(2)20-26(19-22)29(30(38)35-27-15-11-10-12-24(27)3)37(17-16-34)31(39)28(21-25-13-8-7-9-14-25)36-32(40)41-33(4,5)6/h7-15,18-20,28-29H,17,21H2,1-6H3,(H,35,38)(H,36,40). The Morgan fingerprint density at radius 1 is 0.927 bits per heavy atom. The fraction of sp³-hybridized carbons (Fsp3) is 0.333. The van der Waals surface area contributed by atoms with Gasteiger partial charge in [0.1, 0.15) is 24.2 Å². The fourth-order valence-corrected chi connectivity index (χ4v) is 4.63. The third-order valence-corrected chi connectivity index (χ3v) is 6.32. The molecule has 0 radical (unpaired) electrons. The average molecular weight is 555 g/mol. The van der Waals surface area contributed by atoms with Crippen molar-refractivity contribution in [3.8, 4) is 6.07 Å². The lowest BCUT2D eigenvalue weighted by Gasteiger charge is -2.33. The molecule has 3 amide bonds. The van der Waals surface area contributed by atoms with Gasteiger partial charge in [0, 0.05) is 12.1 Å². The van der Waals surface area contributed by atoms with Crippen molar-refractivity contribution in [2.24, 2.45) is 0 Å². The van der Waals surface area contributed by atoms with E-state index in [1.54, 1.807) is 26.8 Å². The van der Waals surface area contributed by atoms with E-state index in [2.05, 4.69) is 10.6 Å². The van der Waals surface area contributed by atoms with Gasteiger partial charge in [-0.2, -0.15) is 5.26 Å². The summed E-state index contributed by atoms with van der Waals surface area (Å²) >= 11 is 0. The molecule has 0 fully saturated rings. The molecule has 0 bridgehead atoms. The van der Waals surface area contributed by atoms with E-state index in [1.165, 1.54) is 4.90 Å². The van der Waals surface area contributed by atoms with E-state index in [4.69, 9.17) is 4.74 Å². The van der Waals surface area contributed by atoms with E-state index in [9.17, 15) is 19.6 Å². The molecule has 3 rings (SSSR count). The number of carbonyl (C=O) groups excluding carboxylic acids is 3. The minimum atomic E-state index is -1.14. The number of hydrogen-bond acceptors (Lipinski definition) is 5. The zero-order chi connectivity index (χ0) is 30.2. The van der Waals surface area contributed by atoms with Crippen LogP contribution >= 0.6 is 0 Å². The van der Waals surface area contributed by atoms with Crippen LogP contribution in [0.25, 0.3) is 0 Å². The highest BCUT2D eigenvalue weighted by Gasteiger charge is 2.37. The Hall–Kier alpha value is -4.64. The first-order valence-corrected chi connectivity index (χ1v) is 13.5. The number of nitrogens with zero attached hydrogens (tertiary/aromatic N) is 2. The van der Waals surface area contributed by atoms with Gasteiger partial charge in [0.2, 0.25) is 5.91 Å². The number of amides is 3. The number of carbonyl (C=O) groups is 3. The van der Waals surface area contributed by atoms with Gasteiger partial charge in [-0.05, 0) is 64.3 Å². The van der Waals surface area contributed by atoms with E-state index < -0.39 is 35.6 Å². The van der Waals surface area contributed by atoms with Crippen LogP contribution in [-0.2, 0) is 20.7 Å². The Morgan fingerprint density at radius 3 is 2.12 bits per heavy atom. The van der Waals surface area contributed by atoms with Crippen molar-refractivity contribution < 1.29 is 19.1 Å². The van der Waals surface area contributed by atoms with Crippen LogP contribution in [-0.4, -0.2) is 41.0 Å².